The summed E-state index contributed by atoms with van der Waals surface area (Å²) < 4.78 is 5.34. The van der Waals surface area contributed by atoms with Crippen LogP contribution in [0.5, 0.6) is 5.75 Å². The van der Waals surface area contributed by atoms with Crippen LogP contribution in [0.2, 0.25) is 0 Å². The second-order valence-corrected chi connectivity index (χ2v) is 5.11. The van der Waals surface area contributed by atoms with Crippen molar-refractivity contribution in [2.24, 2.45) is 0 Å². The van der Waals surface area contributed by atoms with Gasteiger partial charge in [-0.05, 0) is 30.7 Å². The largest absolute Gasteiger partial charge is 0.496 e. The first kappa shape index (κ1) is 14.9. The van der Waals surface area contributed by atoms with Crippen molar-refractivity contribution in [3.63, 3.8) is 0 Å². The molecule has 20 heavy (non-hydrogen) atoms. The molecule has 1 fully saturated rings. The van der Waals surface area contributed by atoms with Gasteiger partial charge in [0.1, 0.15) is 5.75 Å². The Morgan fingerprint density at radius 2 is 1.90 bits per heavy atom. The van der Waals surface area contributed by atoms with Crippen molar-refractivity contribution < 1.29 is 9.53 Å². The first-order valence-corrected chi connectivity index (χ1v) is 7.38. The van der Waals surface area contributed by atoms with E-state index in [1.165, 1.54) is 5.56 Å². The quantitative estimate of drug-likeness (QED) is 0.843. The average molecular weight is 276 g/mol. The molecular weight excluding hydrogens is 252 g/mol. The van der Waals surface area contributed by atoms with E-state index in [2.05, 4.69) is 18.7 Å². The minimum atomic E-state index is 0.0907. The summed E-state index contributed by atoms with van der Waals surface area (Å²) in [5, 5.41) is 0. The summed E-state index contributed by atoms with van der Waals surface area (Å²) in [6.45, 7) is 8.81. The number of ether oxygens (including phenoxy) is 1. The maximum Gasteiger partial charge on any atom is 0.257 e. The highest BCUT2D eigenvalue weighted by atomic mass is 16.5. The number of carbonyl (C=O) groups excluding carboxylic acids is 1. The highest BCUT2D eigenvalue weighted by molar-refractivity contribution is 5.97. The van der Waals surface area contributed by atoms with Crippen molar-refractivity contribution in [3.05, 3.63) is 29.3 Å². The summed E-state index contributed by atoms with van der Waals surface area (Å²) in [6, 6.07) is 5.88. The Labute approximate surface area is 121 Å². The molecular formula is C16H24N2O2. The summed E-state index contributed by atoms with van der Waals surface area (Å²) in [5.74, 6) is 0.762. The van der Waals surface area contributed by atoms with Crippen LogP contribution >= 0.6 is 0 Å². The van der Waals surface area contributed by atoms with E-state index in [4.69, 9.17) is 4.74 Å². The van der Waals surface area contributed by atoms with Crippen LogP contribution in [0.4, 0.5) is 0 Å². The van der Waals surface area contributed by atoms with Gasteiger partial charge in [0.05, 0.1) is 12.7 Å². The summed E-state index contributed by atoms with van der Waals surface area (Å²) >= 11 is 0. The number of amides is 1. The Morgan fingerprint density at radius 3 is 2.45 bits per heavy atom. The zero-order chi connectivity index (χ0) is 14.5. The normalized spacial score (nSPS) is 16.2. The molecule has 0 N–H and O–H groups in total. The van der Waals surface area contributed by atoms with Gasteiger partial charge in [-0.2, -0.15) is 0 Å². The Morgan fingerprint density at radius 1 is 1.20 bits per heavy atom. The molecule has 1 amide bonds. The topological polar surface area (TPSA) is 32.8 Å². The number of nitrogens with zero attached hydrogens (tertiary/aromatic N) is 2. The lowest BCUT2D eigenvalue weighted by atomic mass is 10.1. The second-order valence-electron chi connectivity index (χ2n) is 5.11. The zero-order valence-electron chi connectivity index (χ0n) is 12.7. The van der Waals surface area contributed by atoms with Crippen LogP contribution < -0.4 is 4.74 Å². The molecule has 4 heteroatoms. The van der Waals surface area contributed by atoms with Gasteiger partial charge in [0, 0.05) is 26.2 Å². The van der Waals surface area contributed by atoms with Gasteiger partial charge in [-0.25, -0.2) is 0 Å². The molecule has 1 saturated heterocycles. The Kier molecular flexibility index (Phi) is 5.01. The number of methoxy groups -OCH3 is 1. The van der Waals surface area contributed by atoms with Crippen LogP contribution in [0.15, 0.2) is 18.2 Å². The highest BCUT2D eigenvalue weighted by Gasteiger charge is 2.23. The molecule has 0 bridgehead atoms. The van der Waals surface area contributed by atoms with Gasteiger partial charge >= 0.3 is 0 Å². The smallest absolute Gasteiger partial charge is 0.257 e. The number of carbonyl (C=O) groups is 1. The van der Waals surface area contributed by atoms with Gasteiger partial charge in [-0.3, -0.25) is 4.79 Å². The van der Waals surface area contributed by atoms with Crippen molar-refractivity contribution in [3.8, 4) is 5.75 Å². The third kappa shape index (κ3) is 3.12. The van der Waals surface area contributed by atoms with Gasteiger partial charge in [0.25, 0.3) is 5.91 Å². The molecule has 0 aromatic heterocycles. The Hall–Kier alpha value is -1.55. The SMILES string of the molecule is CCc1ccc(OC)c(C(=O)N2CCN(CC)CC2)c1. The standard InChI is InChI=1S/C16H24N2O2/c1-4-13-6-7-15(20-3)14(12-13)16(19)18-10-8-17(5-2)9-11-18/h6-7,12H,4-5,8-11H2,1-3H3. The molecule has 1 aromatic rings. The molecule has 4 nitrogen and oxygen atoms in total. The van der Waals surface area contributed by atoms with E-state index in [1.807, 2.05) is 23.1 Å². The molecule has 0 unspecified atom stereocenters. The second kappa shape index (κ2) is 6.75. The lowest BCUT2D eigenvalue weighted by Gasteiger charge is -2.34. The number of likely N-dealkylation sites (N-methyl/N-ethyl adjacent to an activating group) is 1. The van der Waals surface area contributed by atoms with Crippen LogP contribution in [-0.4, -0.2) is 55.5 Å². The fourth-order valence-electron chi connectivity index (χ4n) is 2.58. The van der Waals surface area contributed by atoms with Crippen molar-refractivity contribution in [1.29, 1.82) is 0 Å². The van der Waals surface area contributed by atoms with Crippen molar-refractivity contribution in [1.82, 2.24) is 9.80 Å². The predicted molar refractivity (Wildman–Crippen MR) is 80.4 cm³/mol. The maximum atomic E-state index is 12.7. The molecule has 0 saturated carbocycles. The third-order valence-electron chi connectivity index (χ3n) is 4.01. The summed E-state index contributed by atoms with van der Waals surface area (Å²) in [5.41, 5.74) is 1.86. The van der Waals surface area contributed by atoms with E-state index in [-0.39, 0.29) is 5.91 Å². The van der Waals surface area contributed by atoms with E-state index in [0.29, 0.717) is 11.3 Å². The molecule has 1 aromatic carbocycles. The molecule has 0 atom stereocenters. The first-order chi connectivity index (χ1) is 9.69. The molecule has 1 aliphatic heterocycles. The van der Waals surface area contributed by atoms with Crippen LogP contribution in [0.3, 0.4) is 0 Å². The van der Waals surface area contributed by atoms with Gasteiger partial charge in [-0.15, -0.1) is 0 Å². The lowest BCUT2D eigenvalue weighted by molar-refractivity contribution is 0.0640. The van der Waals surface area contributed by atoms with E-state index < -0.39 is 0 Å². The third-order valence-corrected chi connectivity index (χ3v) is 4.01. The molecule has 1 heterocycles. The zero-order valence-corrected chi connectivity index (χ0v) is 12.7. The van der Waals surface area contributed by atoms with Gasteiger partial charge in [0.15, 0.2) is 0 Å². The van der Waals surface area contributed by atoms with Crippen LogP contribution in [0.25, 0.3) is 0 Å². The van der Waals surface area contributed by atoms with Crippen LogP contribution in [-0.2, 0) is 6.42 Å². The first-order valence-electron chi connectivity index (χ1n) is 7.38. The Bertz CT molecular complexity index is 466. The molecule has 1 aliphatic rings. The molecule has 0 aliphatic carbocycles. The number of benzene rings is 1. The monoisotopic (exact) mass is 276 g/mol. The van der Waals surface area contributed by atoms with E-state index >= 15 is 0 Å². The predicted octanol–water partition coefficient (Wildman–Crippen LogP) is 2.04. The van der Waals surface area contributed by atoms with Crippen molar-refractivity contribution in [2.75, 3.05) is 39.8 Å². The summed E-state index contributed by atoms with van der Waals surface area (Å²) in [7, 11) is 1.62. The number of aryl methyl sites for hydroxylation is 1. The number of piperazine rings is 1. The molecule has 0 radical (unpaired) electrons. The Balaban J connectivity index is 2.16. The van der Waals surface area contributed by atoms with Crippen LogP contribution in [0, 0.1) is 0 Å². The molecule has 2 rings (SSSR count). The fourth-order valence-corrected chi connectivity index (χ4v) is 2.58. The maximum absolute atomic E-state index is 12.7. The average Bonchev–Trinajstić information content (AvgIpc) is 2.53. The van der Waals surface area contributed by atoms with Gasteiger partial charge in [0.2, 0.25) is 0 Å². The van der Waals surface area contributed by atoms with Gasteiger partial charge in [-0.1, -0.05) is 19.9 Å². The highest BCUT2D eigenvalue weighted by Crippen LogP contribution is 2.22. The lowest BCUT2D eigenvalue weighted by Crippen LogP contribution is -2.48. The summed E-state index contributed by atoms with van der Waals surface area (Å²) in [6.07, 6.45) is 0.924. The van der Waals surface area contributed by atoms with E-state index in [1.54, 1.807) is 7.11 Å². The van der Waals surface area contributed by atoms with Crippen molar-refractivity contribution >= 4 is 5.91 Å². The van der Waals surface area contributed by atoms with E-state index in [0.717, 1.165) is 39.1 Å². The minimum absolute atomic E-state index is 0.0907. The summed E-state index contributed by atoms with van der Waals surface area (Å²) in [4.78, 5) is 17.0. The number of hydrogen-bond acceptors (Lipinski definition) is 3. The van der Waals surface area contributed by atoms with Gasteiger partial charge < -0.3 is 14.5 Å². The molecule has 0 spiro atoms. The van der Waals surface area contributed by atoms with Crippen molar-refractivity contribution in [2.45, 2.75) is 20.3 Å². The van der Waals surface area contributed by atoms with Crippen LogP contribution in [0.1, 0.15) is 29.8 Å². The fraction of sp³-hybridized carbons (Fsp3) is 0.562. The van der Waals surface area contributed by atoms with E-state index in [9.17, 15) is 4.79 Å². The molecule has 110 valence electrons. The number of hydrogen-bond donors (Lipinski definition) is 0. The minimum Gasteiger partial charge on any atom is -0.496 e. The number of rotatable bonds is 4.